The van der Waals surface area contributed by atoms with Gasteiger partial charge in [0.2, 0.25) is 0 Å². The molecule has 2 rings (SSSR count). The van der Waals surface area contributed by atoms with Gasteiger partial charge in [-0.2, -0.15) is 0 Å². The number of carboxylic acid groups (broad SMARTS) is 1. The van der Waals surface area contributed by atoms with Crippen LogP contribution in [0.25, 0.3) is 0 Å². The number of benzene rings is 1. The van der Waals surface area contributed by atoms with Crippen LogP contribution in [0.4, 0.5) is 4.39 Å². The third kappa shape index (κ3) is 2.68. The Bertz CT molecular complexity index is 680. The number of nitrogens with zero attached hydrogens (tertiary/aromatic N) is 2. The summed E-state index contributed by atoms with van der Waals surface area (Å²) in [7, 11) is 0. The number of aromatic amines is 1. The van der Waals surface area contributed by atoms with Gasteiger partial charge >= 0.3 is 11.7 Å². The van der Waals surface area contributed by atoms with E-state index in [-0.39, 0.29) is 11.3 Å². The van der Waals surface area contributed by atoms with Crippen LogP contribution in [0.15, 0.2) is 33.0 Å². The fourth-order valence-electron chi connectivity index (χ4n) is 1.52. The van der Waals surface area contributed by atoms with Crippen molar-refractivity contribution in [2.45, 2.75) is 23.5 Å². The quantitative estimate of drug-likeness (QED) is 0.889. The van der Waals surface area contributed by atoms with Gasteiger partial charge in [0.15, 0.2) is 5.16 Å². The average molecular weight is 283 g/mol. The summed E-state index contributed by atoms with van der Waals surface area (Å²) in [5, 5.41) is 15.4. The summed E-state index contributed by atoms with van der Waals surface area (Å²) in [5.74, 6) is -1.86. The first-order valence-corrected chi connectivity index (χ1v) is 6.20. The summed E-state index contributed by atoms with van der Waals surface area (Å²) in [6.45, 7) is 2.17. The van der Waals surface area contributed by atoms with Gasteiger partial charge in [-0.25, -0.2) is 19.1 Å². The van der Waals surface area contributed by atoms with Crippen molar-refractivity contribution < 1.29 is 14.3 Å². The molecule has 0 unspecified atom stereocenters. The van der Waals surface area contributed by atoms with Gasteiger partial charge in [-0.3, -0.25) is 4.57 Å². The monoisotopic (exact) mass is 283 g/mol. The highest BCUT2D eigenvalue weighted by molar-refractivity contribution is 7.99. The Hall–Kier alpha value is -2.09. The highest BCUT2D eigenvalue weighted by atomic mass is 32.2. The molecule has 0 aliphatic rings. The summed E-state index contributed by atoms with van der Waals surface area (Å²) in [6.07, 6.45) is 0. The topological polar surface area (TPSA) is 88.0 Å². The van der Waals surface area contributed by atoms with E-state index in [1.54, 1.807) is 6.92 Å². The lowest BCUT2D eigenvalue weighted by Crippen LogP contribution is -2.16. The molecule has 0 spiro atoms. The van der Waals surface area contributed by atoms with E-state index in [1.165, 1.54) is 10.6 Å². The number of nitrogens with one attached hydrogen (secondary N) is 1. The van der Waals surface area contributed by atoms with Gasteiger partial charge in [-0.15, -0.1) is 5.10 Å². The molecule has 0 aliphatic heterocycles. The van der Waals surface area contributed by atoms with Gasteiger partial charge < -0.3 is 5.11 Å². The Kier molecular flexibility index (Phi) is 3.70. The van der Waals surface area contributed by atoms with Crippen molar-refractivity contribution in [3.63, 3.8) is 0 Å². The zero-order chi connectivity index (χ0) is 14.0. The Morgan fingerprint density at radius 2 is 2.32 bits per heavy atom. The number of rotatable bonds is 4. The van der Waals surface area contributed by atoms with Crippen molar-refractivity contribution >= 4 is 17.7 Å². The number of hydrogen-bond acceptors (Lipinski definition) is 4. The molecule has 0 radical (unpaired) electrons. The minimum Gasteiger partial charge on any atom is -0.478 e. The largest absolute Gasteiger partial charge is 0.478 e. The second-order valence-electron chi connectivity index (χ2n) is 3.60. The van der Waals surface area contributed by atoms with Crippen molar-refractivity contribution in [1.82, 2.24) is 14.8 Å². The smallest absolute Gasteiger partial charge is 0.343 e. The summed E-state index contributed by atoms with van der Waals surface area (Å²) >= 11 is 0.996. The normalized spacial score (nSPS) is 10.6. The van der Waals surface area contributed by atoms with Gasteiger partial charge in [-0.05, 0) is 36.9 Å². The third-order valence-corrected chi connectivity index (χ3v) is 3.48. The second kappa shape index (κ2) is 5.27. The van der Waals surface area contributed by atoms with Crippen LogP contribution < -0.4 is 5.69 Å². The average Bonchev–Trinajstić information content (AvgIpc) is 2.71. The Balaban J connectivity index is 2.43. The lowest BCUT2D eigenvalue weighted by Gasteiger charge is -2.05. The third-order valence-electron chi connectivity index (χ3n) is 2.41. The SMILES string of the molecule is CCn1c(Sc2ccc(F)cc2C(=O)O)n[nH]c1=O. The van der Waals surface area contributed by atoms with Gasteiger partial charge in [0.05, 0.1) is 5.56 Å². The molecule has 100 valence electrons. The van der Waals surface area contributed by atoms with Crippen LogP contribution in [0.2, 0.25) is 0 Å². The molecular formula is C11H10FN3O3S. The van der Waals surface area contributed by atoms with Crippen LogP contribution >= 0.6 is 11.8 Å². The molecule has 1 heterocycles. The van der Waals surface area contributed by atoms with Crippen LogP contribution in [0, 0.1) is 5.82 Å². The zero-order valence-electron chi connectivity index (χ0n) is 9.88. The van der Waals surface area contributed by atoms with Crippen molar-refractivity contribution in [3.05, 3.63) is 40.1 Å². The second-order valence-corrected chi connectivity index (χ2v) is 4.61. The van der Waals surface area contributed by atoms with Crippen LogP contribution in [0.5, 0.6) is 0 Å². The van der Waals surface area contributed by atoms with Crippen molar-refractivity contribution in [2.24, 2.45) is 0 Å². The van der Waals surface area contributed by atoms with Gasteiger partial charge in [-0.1, -0.05) is 0 Å². The molecule has 0 atom stereocenters. The van der Waals surface area contributed by atoms with E-state index in [1.807, 2.05) is 0 Å². The maximum atomic E-state index is 13.0. The summed E-state index contributed by atoms with van der Waals surface area (Å²) in [4.78, 5) is 22.8. The van der Waals surface area contributed by atoms with Crippen molar-refractivity contribution in [2.75, 3.05) is 0 Å². The van der Waals surface area contributed by atoms with Gasteiger partial charge in [0.1, 0.15) is 5.82 Å². The van der Waals surface area contributed by atoms with E-state index >= 15 is 0 Å². The minimum absolute atomic E-state index is 0.164. The molecule has 19 heavy (non-hydrogen) atoms. The molecular weight excluding hydrogens is 273 g/mol. The summed E-state index contributed by atoms with van der Waals surface area (Å²) < 4.78 is 14.4. The van der Waals surface area contributed by atoms with Gasteiger partial charge in [0.25, 0.3) is 0 Å². The van der Waals surface area contributed by atoms with E-state index in [0.717, 1.165) is 23.9 Å². The number of hydrogen-bond donors (Lipinski definition) is 2. The fourth-order valence-corrected chi connectivity index (χ4v) is 2.52. The number of aromatic nitrogens is 3. The van der Waals surface area contributed by atoms with Crippen LogP contribution in [0.1, 0.15) is 17.3 Å². The number of aromatic carboxylic acids is 1. The van der Waals surface area contributed by atoms with E-state index in [2.05, 4.69) is 10.2 Å². The lowest BCUT2D eigenvalue weighted by atomic mass is 10.2. The first-order valence-electron chi connectivity index (χ1n) is 5.38. The highest BCUT2D eigenvalue weighted by Crippen LogP contribution is 2.29. The van der Waals surface area contributed by atoms with Crippen LogP contribution in [-0.4, -0.2) is 25.8 Å². The predicted molar refractivity (Wildman–Crippen MR) is 66.0 cm³/mol. The van der Waals surface area contributed by atoms with E-state index in [0.29, 0.717) is 16.6 Å². The summed E-state index contributed by atoms with van der Waals surface area (Å²) in [5.41, 5.74) is -0.535. The van der Waals surface area contributed by atoms with Crippen molar-refractivity contribution in [3.8, 4) is 0 Å². The summed E-state index contributed by atoms with van der Waals surface area (Å²) in [6, 6.07) is 3.45. The number of H-pyrrole nitrogens is 1. The van der Waals surface area contributed by atoms with Crippen LogP contribution in [-0.2, 0) is 6.54 Å². The minimum atomic E-state index is -1.23. The number of carbonyl (C=O) groups is 1. The lowest BCUT2D eigenvalue weighted by molar-refractivity contribution is 0.0692. The molecule has 0 saturated heterocycles. The number of carboxylic acids is 1. The first kappa shape index (κ1) is 13.3. The molecule has 1 aromatic heterocycles. The molecule has 0 saturated carbocycles. The zero-order valence-corrected chi connectivity index (χ0v) is 10.7. The highest BCUT2D eigenvalue weighted by Gasteiger charge is 2.15. The fraction of sp³-hybridized carbons (Fsp3) is 0.182. The standard InChI is InChI=1S/C11H10FN3O3S/c1-2-15-10(18)13-14-11(15)19-8-4-3-6(12)5-7(8)9(16)17/h3-5H,2H2,1H3,(H,13,18)(H,16,17). The molecule has 0 amide bonds. The molecule has 2 N–H and O–H groups in total. The van der Waals surface area contributed by atoms with Crippen LogP contribution in [0.3, 0.4) is 0 Å². The molecule has 0 bridgehead atoms. The van der Waals surface area contributed by atoms with E-state index in [4.69, 9.17) is 5.11 Å². The Morgan fingerprint density at radius 3 is 2.95 bits per heavy atom. The predicted octanol–water partition coefficient (Wildman–Crippen LogP) is 1.58. The maximum absolute atomic E-state index is 13.0. The number of halogens is 1. The Morgan fingerprint density at radius 1 is 1.58 bits per heavy atom. The van der Waals surface area contributed by atoms with E-state index in [9.17, 15) is 14.0 Å². The first-order chi connectivity index (χ1) is 9.02. The van der Waals surface area contributed by atoms with Crippen molar-refractivity contribution in [1.29, 1.82) is 0 Å². The maximum Gasteiger partial charge on any atom is 0.343 e. The molecule has 0 fully saturated rings. The van der Waals surface area contributed by atoms with E-state index < -0.39 is 11.8 Å². The molecule has 2 aromatic rings. The molecule has 8 heteroatoms. The molecule has 6 nitrogen and oxygen atoms in total. The Labute approximate surface area is 111 Å². The van der Waals surface area contributed by atoms with Gasteiger partial charge in [0, 0.05) is 11.4 Å². The molecule has 1 aromatic carbocycles. The molecule has 0 aliphatic carbocycles.